The summed E-state index contributed by atoms with van der Waals surface area (Å²) >= 11 is 1.45. The molecule has 0 amide bonds. The molecule has 0 aliphatic heterocycles. The molecule has 0 saturated carbocycles. The van der Waals surface area contributed by atoms with E-state index in [0.717, 1.165) is 17.2 Å². The van der Waals surface area contributed by atoms with Crippen molar-refractivity contribution in [1.82, 2.24) is 24.8 Å². The number of hydrogen-bond acceptors (Lipinski definition) is 6. The average molecular weight is 317 g/mol. The van der Waals surface area contributed by atoms with Crippen molar-refractivity contribution in [1.29, 1.82) is 0 Å². The number of fused-ring (bicyclic) bond motifs is 1. The van der Waals surface area contributed by atoms with Gasteiger partial charge in [0, 0.05) is 22.9 Å². The Hall–Kier alpha value is -2.09. The molecule has 0 unspecified atom stereocenters. The number of nitrogens with one attached hydrogen (secondary N) is 1. The normalized spacial score (nSPS) is 13.0. The lowest BCUT2D eigenvalue weighted by Crippen LogP contribution is -2.13. The summed E-state index contributed by atoms with van der Waals surface area (Å²) in [6, 6.07) is 0. The molecule has 0 radical (unpaired) electrons. The van der Waals surface area contributed by atoms with E-state index in [1.165, 1.54) is 11.3 Å². The Morgan fingerprint density at radius 1 is 1.23 bits per heavy atom. The Kier molecular flexibility index (Phi) is 3.56. The number of aromatic amines is 1. The van der Waals surface area contributed by atoms with Gasteiger partial charge in [-0.2, -0.15) is 0 Å². The van der Waals surface area contributed by atoms with Crippen molar-refractivity contribution >= 4 is 27.8 Å². The van der Waals surface area contributed by atoms with Gasteiger partial charge in [-0.3, -0.25) is 5.10 Å². The lowest BCUT2D eigenvalue weighted by Gasteiger charge is -2.16. The fourth-order valence-electron chi connectivity index (χ4n) is 2.19. The number of H-pyrrole nitrogens is 1. The maximum absolute atomic E-state index is 4.39. The summed E-state index contributed by atoms with van der Waals surface area (Å²) in [5.41, 5.74) is 2.31. The van der Waals surface area contributed by atoms with Gasteiger partial charge in [0.2, 0.25) is 10.8 Å². The van der Waals surface area contributed by atoms with E-state index >= 15 is 0 Å². The summed E-state index contributed by atoms with van der Waals surface area (Å²) in [7, 11) is 0. The molecule has 0 saturated heterocycles. The van der Waals surface area contributed by atoms with E-state index in [9.17, 15) is 0 Å². The fourth-order valence-corrected chi connectivity index (χ4v) is 2.64. The van der Waals surface area contributed by atoms with Crippen molar-refractivity contribution in [2.75, 3.05) is 0 Å². The van der Waals surface area contributed by atoms with Gasteiger partial charge in [0.1, 0.15) is 0 Å². The predicted octanol–water partition coefficient (Wildman–Crippen LogP) is 4.35. The summed E-state index contributed by atoms with van der Waals surface area (Å²) in [6.45, 7) is 10.6. The van der Waals surface area contributed by atoms with E-state index in [0.29, 0.717) is 10.8 Å². The first kappa shape index (κ1) is 14.8. The smallest absolute Gasteiger partial charge is 0.229 e. The van der Waals surface area contributed by atoms with Crippen LogP contribution in [-0.2, 0) is 5.41 Å². The molecule has 7 nitrogen and oxygen atoms in total. The van der Waals surface area contributed by atoms with E-state index in [2.05, 4.69) is 65.1 Å². The highest BCUT2D eigenvalue weighted by molar-refractivity contribution is 7.13. The van der Waals surface area contributed by atoms with E-state index < -0.39 is 0 Å². The predicted molar refractivity (Wildman–Crippen MR) is 86.4 cm³/mol. The molecule has 8 heteroatoms. The van der Waals surface area contributed by atoms with Crippen molar-refractivity contribution in [2.45, 2.75) is 46.0 Å². The standard InChI is InChI=1S/C14H19N7S/c1-8(2)11-17-18-12-9(16-19-13-15-6-7-22-13)10(14(3,4)5)20-21(11)12/h6-8,20H,1-5H3. The maximum atomic E-state index is 4.39. The van der Waals surface area contributed by atoms with Gasteiger partial charge < -0.3 is 0 Å². The third-order valence-electron chi connectivity index (χ3n) is 3.28. The van der Waals surface area contributed by atoms with Gasteiger partial charge >= 0.3 is 0 Å². The Morgan fingerprint density at radius 2 is 2.00 bits per heavy atom. The highest BCUT2D eigenvalue weighted by Crippen LogP contribution is 2.35. The molecule has 1 N–H and O–H groups in total. The topological polar surface area (TPSA) is 83.6 Å². The lowest BCUT2D eigenvalue weighted by molar-refractivity contribution is 0.558. The molecule has 0 fully saturated rings. The van der Waals surface area contributed by atoms with E-state index in [4.69, 9.17) is 0 Å². The molecular weight excluding hydrogens is 298 g/mol. The minimum absolute atomic E-state index is 0.105. The van der Waals surface area contributed by atoms with Crippen molar-refractivity contribution in [3.8, 4) is 0 Å². The van der Waals surface area contributed by atoms with Gasteiger partial charge in [-0.15, -0.1) is 31.8 Å². The first-order chi connectivity index (χ1) is 10.4. The summed E-state index contributed by atoms with van der Waals surface area (Å²) in [5.74, 6) is 1.15. The molecule has 0 aliphatic rings. The van der Waals surface area contributed by atoms with Crippen LogP contribution in [0.3, 0.4) is 0 Å². The number of nitrogens with zero attached hydrogens (tertiary/aromatic N) is 6. The van der Waals surface area contributed by atoms with Crippen LogP contribution < -0.4 is 0 Å². The molecule has 116 valence electrons. The highest BCUT2D eigenvalue weighted by atomic mass is 32.1. The third-order valence-corrected chi connectivity index (χ3v) is 3.94. The quantitative estimate of drug-likeness (QED) is 0.729. The molecule has 3 heterocycles. The Morgan fingerprint density at radius 3 is 2.59 bits per heavy atom. The molecule has 0 bridgehead atoms. The van der Waals surface area contributed by atoms with Gasteiger partial charge in [-0.1, -0.05) is 34.6 Å². The maximum Gasteiger partial charge on any atom is 0.229 e. The average Bonchev–Trinajstić information content (AvgIpc) is 3.11. The lowest BCUT2D eigenvalue weighted by atomic mass is 9.91. The van der Waals surface area contributed by atoms with Crippen LogP contribution in [0.1, 0.15) is 52.1 Å². The first-order valence-corrected chi connectivity index (χ1v) is 8.04. The Balaban J connectivity index is 2.17. The van der Waals surface area contributed by atoms with Crippen LogP contribution in [0, 0.1) is 0 Å². The van der Waals surface area contributed by atoms with Crippen molar-refractivity contribution < 1.29 is 0 Å². The Bertz CT molecular complexity index is 802. The molecule has 3 aromatic rings. The van der Waals surface area contributed by atoms with E-state index in [1.54, 1.807) is 6.20 Å². The summed E-state index contributed by atoms with van der Waals surface area (Å²) in [6.07, 6.45) is 1.71. The minimum Gasteiger partial charge on any atom is -0.292 e. The zero-order valence-corrected chi connectivity index (χ0v) is 14.1. The fraction of sp³-hybridized carbons (Fsp3) is 0.500. The molecule has 3 rings (SSSR count). The summed E-state index contributed by atoms with van der Waals surface area (Å²) in [5, 5.41) is 23.0. The number of azo groups is 1. The van der Waals surface area contributed by atoms with Crippen LogP contribution in [0.4, 0.5) is 10.8 Å². The second kappa shape index (κ2) is 5.28. The molecule has 0 atom stereocenters. The molecule has 0 aliphatic carbocycles. The van der Waals surface area contributed by atoms with Crippen LogP contribution in [0.2, 0.25) is 0 Å². The van der Waals surface area contributed by atoms with Crippen molar-refractivity contribution in [2.24, 2.45) is 10.2 Å². The monoisotopic (exact) mass is 317 g/mol. The SMILES string of the molecule is CC(C)c1nnc2c(N=Nc3nccs3)c(C(C)(C)C)[nH]n12. The Labute approximate surface area is 132 Å². The van der Waals surface area contributed by atoms with Crippen molar-refractivity contribution in [3.63, 3.8) is 0 Å². The molecule has 0 aromatic carbocycles. The van der Waals surface area contributed by atoms with Gasteiger partial charge in [0.15, 0.2) is 11.5 Å². The van der Waals surface area contributed by atoms with Gasteiger partial charge in [-0.05, 0) is 0 Å². The second-order valence-corrected chi connectivity index (χ2v) is 7.35. The van der Waals surface area contributed by atoms with Crippen LogP contribution in [0.25, 0.3) is 5.65 Å². The molecule has 0 spiro atoms. The first-order valence-electron chi connectivity index (χ1n) is 7.16. The van der Waals surface area contributed by atoms with E-state index in [-0.39, 0.29) is 11.3 Å². The zero-order chi connectivity index (χ0) is 15.9. The molecule has 22 heavy (non-hydrogen) atoms. The zero-order valence-electron chi connectivity index (χ0n) is 13.3. The number of thiazole rings is 1. The summed E-state index contributed by atoms with van der Waals surface area (Å²) in [4.78, 5) is 4.13. The number of aromatic nitrogens is 5. The van der Waals surface area contributed by atoms with Crippen LogP contribution in [0.15, 0.2) is 21.8 Å². The van der Waals surface area contributed by atoms with Crippen LogP contribution in [0.5, 0.6) is 0 Å². The minimum atomic E-state index is -0.105. The van der Waals surface area contributed by atoms with Gasteiger partial charge in [0.25, 0.3) is 0 Å². The summed E-state index contributed by atoms with van der Waals surface area (Å²) < 4.78 is 1.90. The van der Waals surface area contributed by atoms with Crippen LogP contribution >= 0.6 is 11.3 Å². The van der Waals surface area contributed by atoms with Gasteiger partial charge in [0.05, 0.1) is 5.69 Å². The second-order valence-electron chi connectivity index (χ2n) is 6.47. The van der Waals surface area contributed by atoms with Crippen LogP contribution in [-0.4, -0.2) is 24.8 Å². The van der Waals surface area contributed by atoms with Gasteiger partial charge in [-0.25, -0.2) is 9.50 Å². The van der Waals surface area contributed by atoms with Crippen molar-refractivity contribution in [3.05, 3.63) is 23.1 Å². The molecular formula is C14H19N7S. The largest absolute Gasteiger partial charge is 0.292 e. The van der Waals surface area contributed by atoms with E-state index in [1.807, 2.05) is 9.90 Å². The molecule has 3 aromatic heterocycles. The third kappa shape index (κ3) is 2.54. The number of hydrogen-bond donors (Lipinski definition) is 1. The highest BCUT2D eigenvalue weighted by Gasteiger charge is 2.26. The number of rotatable bonds is 3.